The molecule has 0 radical (unpaired) electrons. The van der Waals surface area contributed by atoms with Crippen LogP contribution in [0.3, 0.4) is 0 Å². The van der Waals surface area contributed by atoms with Crippen molar-refractivity contribution in [2.24, 2.45) is 0 Å². The smallest absolute Gasteiger partial charge is 0.0351 e. The first kappa shape index (κ1) is 20.7. The van der Waals surface area contributed by atoms with Gasteiger partial charge in [0.25, 0.3) is 0 Å². The van der Waals surface area contributed by atoms with Crippen LogP contribution in [0.15, 0.2) is 12.2 Å². The van der Waals surface area contributed by atoms with E-state index < -0.39 is 0 Å². The van der Waals surface area contributed by atoms with Gasteiger partial charge in [0.1, 0.15) is 0 Å². The van der Waals surface area contributed by atoms with Gasteiger partial charge in [0.2, 0.25) is 0 Å². The Labute approximate surface area is 135 Å². The van der Waals surface area contributed by atoms with E-state index in [-0.39, 0.29) is 0 Å². The maximum Gasteiger partial charge on any atom is -0.0351 e. The van der Waals surface area contributed by atoms with Crippen LogP contribution in [0.4, 0.5) is 0 Å². The Bertz CT molecular complexity index is 192. The van der Waals surface area contributed by atoms with Gasteiger partial charge in [-0.15, -0.1) is 0 Å². The van der Waals surface area contributed by atoms with E-state index in [9.17, 15) is 0 Å². The van der Waals surface area contributed by atoms with Gasteiger partial charge in [0.05, 0.1) is 0 Å². The monoisotopic (exact) mass is 294 g/mol. The molecule has 0 saturated carbocycles. The van der Waals surface area contributed by atoms with Crippen molar-refractivity contribution in [2.45, 2.75) is 123 Å². The second-order valence-corrected chi connectivity index (χ2v) is 6.64. The number of unbranched alkanes of at least 4 members (excludes halogenated alkanes) is 15. The minimum absolute atomic E-state index is 1.30. The molecule has 0 rings (SSSR count). The van der Waals surface area contributed by atoms with Crippen molar-refractivity contribution < 1.29 is 0 Å². The molecule has 0 aliphatic carbocycles. The van der Waals surface area contributed by atoms with E-state index in [2.05, 4.69) is 26.0 Å². The second kappa shape index (κ2) is 19.7. The van der Waals surface area contributed by atoms with E-state index in [0.29, 0.717) is 0 Å². The lowest BCUT2D eigenvalue weighted by atomic mass is 10.0. The standard InChI is InChI=1S/C21H42/c1-3-5-7-9-11-13-15-17-19-21-20-18-16-14-12-10-8-6-4-2/h11,13H,3-10,12,14-21H2,1-2H3/b13-11-. The zero-order valence-corrected chi connectivity index (χ0v) is 15.2. The van der Waals surface area contributed by atoms with Crippen molar-refractivity contribution in [3.8, 4) is 0 Å². The van der Waals surface area contributed by atoms with Crippen LogP contribution < -0.4 is 0 Å². The fourth-order valence-corrected chi connectivity index (χ4v) is 2.85. The highest BCUT2D eigenvalue weighted by Crippen LogP contribution is 2.12. The molecule has 0 aliphatic rings. The van der Waals surface area contributed by atoms with Gasteiger partial charge < -0.3 is 0 Å². The molecule has 0 heteroatoms. The molecule has 0 aromatic heterocycles. The van der Waals surface area contributed by atoms with Crippen molar-refractivity contribution in [3.05, 3.63) is 12.2 Å². The molecule has 0 saturated heterocycles. The molecule has 0 heterocycles. The van der Waals surface area contributed by atoms with Crippen molar-refractivity contribution in [3.63, 3.8) is 0 Å². The molecular weight excluding hydrogens is 252 g/mol. The molecule has 0 nitrogen and oxygen atoms in total. The summed E-state index contributed by atoms with van der Waals surface area (Å²) in [5, 5.41) is 0. The highest BCUT2D eigenvalue weighted by atomic mass is 14.0. The van der Waals surface area contributed by atoms with E-state index in [0.717, 1.165) is 0 Å². The lowest BCUT2D eigenvalue weighted by Crippen LogP contribution is -1.82. The zero-order chi connectivity index (χ0) is 15.4. The number of hydrogen-bond acceptors (Lipinski definition) is 0. The molecule has 0 spiro atoms. The van der Waals surface area contributed by atoms with Crippen LogP contribution in [0.25, 0.3) is 0 Å². The van der Waals surface area contributed by atoms with Crippen LogP contribution in [0.2, 0.25) is 0 Å². The van der Waals surface area contributed by atoms with Gasteiger partial charge in [-0.3, -0.25) is 0 Å². The van der Waals surface area contributed by atoms with Crippen LogP contribution >= 0.6 is 0 Å². The third kappa shape index (κ3) is 19.7. The summed E-state index contributed by atoms with van der Waals surface area (Å²) in [4.78, 5) is 0. The minimum Gasteiger partial charge on any atom is -0.0885 e. The van der Waals surface area contributed by atoms with Crippen molar-refractivity contribution >= 4 is 0 Å². The maximum absolute atomic E-state index is 2.41. The summed E-state index contributed by atoms with van der Waals surface area (Å²) >= 11 is 0. The van der Waals surface area contributed by atoms with Crippen molar-refractivity contribution in [2.75, 3.05) is 0 Å². The van der Waals surface area contributed by atoms with Gasteiger partial charge in [-0.1, -0.05) is 109 Å². The lowest BCUT2D eigenvalue weighted by molar-refractivity contribution is 0.545. The normalized spacial score (nSPS) is 11.5. The first-order valence-corrected chi connectivity index (χ1v) is 10.1. The molecule has 0 aromatic rings. The van der Waals surface area contributed by atoms with Crippen LogP contribution in [0, 0.1) is 0 Å². The van der Waals surface area contributed by atoms with Gasteiger partial charge in [-0.25, -0.2) is 0 Å². The third-order valence-electron chi connectivity index (χ3n) is 4.37. The fourth-order valence-electron chi connectivity index (χ4n) is 2.85. The first-order valence-electron chi connectivity index (χ1n) is 10.1. The Hall–Kier alpha value is -0.260. The van der Waals surface area contributed by atoms with Crippen molar-refractivity contribution in [1.82, 2.24) is 0 Å². The predicted molar refractivity (Wildman–Crippen MR) is 99.0 cm³/mol. The van der Waals surface area contributed by atoms with Gasteiger partial charge in [-0.05, 0) is 25.7 Å². The Morgan fingerprint density at radius 1 is 0.381 bits per heavy atom. The summed E-state index contributed by atoms with van der Waals surface area (Å²) in [7, 11) is 0. The van der Waals surface area contributed by atoms with Crippen LogP contribution in [0.5, 0.6) is 0 Å². The number of hydrogen-bond donors (Lipinski definition) is 0. The number of rotatable bonds is 17. The Balaban J connectivity index is 2.99. The minimum atomic E-state index is 1.30. The Morgan fingerprint density at radius 3 is 1.10 bits per heavy atom. The van der Waals surface area contributed by atoms with E-state index in [1.54, 1.807) is 0 Å². The molecule has 0 fully saturated rings. The molecule has 0 atom stereocenters. The molecule has 0 aromatic carbocycles. The quantitative estimate of drug-likeness (QED) is 0.187. The van der Waals surface area contributed by atoms with E-state index >= 15 is 0 Å². The van der Waals surface area contributed by atoms with Gasteiger partial charge >= 0.3 is 0 Å². The van der Waals surface area contributed by atoms with Gasteiger partial charge in [-0.2, -0.15) is 0 Å². The van der Waals surface area contributed by atoms with Gasteiger partial charge in [0, 0.05) is 0 Å². The summed E-state index contributed by atoms with van der Waals surface area (Å²) in [5.74, 6) is 0. The summed E-state index contributed by atoms with van der Waals surface area (Å²) in [6.45, 7) is 4.57. The highest BCUT2D eigenvalue weighted by molar-refractivity contribution is 4.81. The molecule has 0 bridgehead atoms. The zero-order valence-electron chi connectivity index (χ0n) is 15.2. The average molecular weight is 295 g/mol. The third-order valence-corrected chi connectivity index (χ3v) is 4.37. The Morgan fingerprint density at radius 2 is 0.667 bits per heavy atom. The molecule has 0 amide bonds. The summed E-state index contributed by atoms with van der Waals surface area (Å²) in [6.07, 6.45) is 28.9. The molecule has 21 heavy (non-hydrogen) atoms. The summed E-state index contributed by atoms with van der Waals surface area (Å²) in [5.41, 5.74) is 0. The molecule has 0 aliphatic heterocycles. The van der Waals surface area contributed by atoms with Crippen LogP contribution in [0.1, 0.15) is 123 Å². The van der Waals surface area contributed by atoms with Crippen LogP contribution in [-0.2, 0) is 0 Å². The van der Waals surface area contributed by atoms with Crippen LogP contribution in [-0.4, -0.2) is 0 Å². The van der Waals surface area contributed by atoms with E-state index in [1.807, 2.05) is 0 Å². The average Bonchev–Trinajstić information content (AvgIpc) is 2.50. The number of allylic oxidation sites excluding steroid dienone is 2. The van der Waals surface area contributed by atoms with Crippen molar-refractivity contribution in [1.29, 1.82) is 0 Å². The molecular formula is C21H42. The maximum atomic E-state index is 2.41. The molecule has 0 unspecified atom stereocenters. The fraction of sp³-hybridized carbons (Fsp3) is 0.905. The first-order chi connectivity index (χ1) is 10.4. The highest BCUT2D eigenvalue weighted by Gasteiger charge is 1.92. The SMILES string of the molecule is CCCCC/C=C\CCCCCCCCCCCCCC. The predicted octanol–water partition coefficient (Wildman–Crippen LogP) is 8.21. The van der Waals surface area contributed by atoms with E-state index in [4.69, 9.17) is 0 Å². The molecule has 126 valence electrons. The Kier molecular flexibility index (Phi) is 19.5. The topological polar surface area (TPSA) is 0 Å². The summed E-state index contributed by atoms with van der Waals surface area (Å²) in [6, 6.07) is 0. The molecule has 0 N–H and O–H groups in total. The largest absolute Gasteiger partial charge is 0.0885 e. The van der Waals surface area contributed by atoms with Gasteiger partial charge in [0.15, 0.2) is 0 Å². The van der Waals surface area contributed by atoms with E-state index in [1.165, 1.54) is 109 Å². The summed E-state index contributed by atoms with van der Waals surface area (Å²) < 4.78 is 0. The second-order valence-electron chi connectivity index (χ2n) is 6.64. The lowest BCUT2D eigenvalue weighted by Gasteiger charge is -2.02.